The molecule has 5 heteroatoms. The van der Waals surface area contributed by atoms with Crippen LogP contribution < -0.4 is 5.32 Å². The molecular weight excluding hydrogens is 282 g/mol. The van der Waals surface area contributed by atoms with Crippen LogP contribution in [0.1, 0.15) is 56.2 Å². The molecule has 0 amide bonds. The zero-order valence-electron chi connectivity index (χ0n) is 12.1. The van der Waals surface area contributed by atoms with E-state index in [-0.39, 0.29) is 6.04 Å². The largest absolute Gasteiger partial charge is 0.419 e. The van der Waals surface area contributed by atoms with E-state index in [1.54, 1.807) is 0 Å². The highest BCUT2D eigenvalue weighted by Gasteiger charge is 2.34. The maximum atomic E-state index is 13.4. The molecule has 0 bridgehead atoms. The lowest BCUT2D eigenvalue weighted by Crippen LogP contribution is -2.23. The summed E-state index contributed by atoms with van der Waals surface area (Å²) in [6, 6.07) is 3.21. The normalized spacial score (nSPS) is 17.0. The average molecular weight is 303 g/mol. The second-order valence-corrected chi connectivity index (χ2v) is 5.76. The van der Waals surface area contributed by atoms with Crippen molar-refractivity contribution >= 4 is 0 Å². The van der Waals surface area contributed by atoms with Crippen molar-refractivity contribution in [3.8, 4) is 0 Å². The molecule has 1 saturated carbocycles. The second kappa shape index (κ2) is 6.77. The van der Waals surface area contributed by atoms with Crippen LogP contribution in [-0.4, -0.2) is 6.54 Å². The van der Waals surface area contributed by atoms with E-state index < -0.39 is 17.6 Å². The molecule has 0 aliphatic heterocycles. The van der Waals surface area contributed by atoms with Crippen molar-refractivity contribution in [3.63, 3.8) is 0 Å². The molecule has 1 nitrogen and oxygen atoms in total. The number of hydrogen-bond donors (Lipinski definition) is 1. The Bertz CT molecular complexity index is 466. The summed E-state index contributed by atoms with van der Waals surface area (Å²) in [6.07, 6.45) is 0.516. The Morgan fingerprint density at radius 3 is 2.57 bits per heavy atom. The number of halogens is 4. The fourth-order valence-electron chi connectivity index (χ4n) is 2.49. The zero-order valence-corrected chi connectivity index (χ0v) is 12.1. The first-order chi connectivity index (χ1) is 9.91. The summed E-state index contributed by atoms with van der Waals surface area (Å²) >= 11 is 0. The highest BCUT2D eigenvalue weighted by molar-refractivity contribution is 5.29. The van der Waals surface area contributed by atoms with Crippen LogP contribution in [-0.2, 0) is 6.18 Å². The molecule has 1 N–H and O–H groups in total. The summed E-state index contributed by atoms with van der Waals surface area (Å²) in [6.45, 7) is 2.75. The fraction of sp³-hybridized carbons (Fsp3) is 0.625. The summed E-state index contributed by atoms with van der Waals surface area (Å²) in [5.41, 5.74) is -0.646. The summed E-state index contributed by atoms with van der Waals surface area (Å²) in [5, 5.41) is 3.28. The van der Waals surface area contributed by atoms with Crippen LogP contribution in [0.25, 0.3) is 0 Å². The van der Waals surface area contributed by atoms with Gasteiger partial charge in [0.15, 0.2) is 0 Å². The number of nitrogens with one attached hydrogen (secondary N) is 1. The fourth-order valence-corrected chi connectivity index (χ4v) is 2.49. The van der Waals surface area contributed by atoms with Gasteiger partial charge in [0.25, 0.3) is 0 Å². The first-order valence-corrected chi connectivity index (χ1v) is 7.51. The van der Waals surface area contributed by atoms with Crippen LogP contribution in [0, 0.1) is 11.7 Å². The van der Waals surface area contributed by atoms with Crippen LogP contribution in [0.4, 0.5) is 17.6 Å². The molecule has 2 rings (SSSR count). The van der Waals surface area contributed by atoms with E-state index in [1.807, 2.05) is 6.92 Å². The van der Waals surface area contributed by atoms with Gasteiger partial charge in [0.2, 0.25) is 0 Å². The SMILES string of the molecule is CCCNC(CCC1CC1)c1ccc(F)c(C(F)(F)F)c1. The summed E-state index contributed by atoms with van der Waals surface area (Å²) < 4.78 is 51.8. The molecule has 118 valence electrons. The first-order valence-electron chi connectivity index (χ1n) is 7.51. The standard InChI is InChI=1S/C16H21F4N/c1-2-9-21-15(8-5-11-3-4-11)12-6-7-14(17)13(10-12)16(18,19)20/h6-7,10-11,15,21H,2-5,8-9H2,1H3. The van der Waals surface area contributed by atoms with Gasteiger partial charge in [-0.15, -0.1) is 0 Å². The van der Waals surface area contributed by atoms with Crippen molar-refractivity contribution in [1.82, 2.24) is 5.32 Å². The summed E-state index contributed by atoms with van der Waals surface area (Å²) in [4.78, 5) is 0. The minimum atomic E-state index is -4.65. The number of rotatable bonds is 7. The van der Waals surface area contributed by atoms with E-state index in [4.69, 9.17) is 0 Å². The molecule has 0 radical (unpaired) electrons. The lowest BCUT2D eigenvalue weighted by Gasteiger charge is -2.20. The van der Waals surface area contributed by atoms with Crippen LogP contribution in [0.15, 0.2) is 18.2 Å². The van der Waals surface area contributed by atoms with Crippen LogP contribution in [0.5, 0.6) is 0 Å². The zero-order chi connectivity index (χ0) is 15.5. The molecule has 1 aromatic rings. The number of alkyl halides is 3. The van der Waals surface area contributed by atoms with E-state index in [1.165, 1.54) is 18.9 Å². The van der Waals surface area contributed by atoms with Crippen molar-refractivity contribution in [2.75, 3.05) is 6.54 Å². The van der Waals surface area contributed by atoms with E-state index in [0.717, 1.165) is 43.9 Å². The molecule has 0 spiro atoms. The minimum absolute atomic E-state index is 0.132. The monoisotopic (exact) mass is 303 g/mol. The lowest BCUT2D eigenvalue weighted by molar-refractivity contribution is -0.140. The number of hydrogen-bond acceptors (Lipinski definition) is 1. The van der Waals surface area contributed by atoms with Gasteiger partial charge in [-0.25, -0.2) is 4.39 Å². The molecule has 1 aromatic carbocycles. The van der Waals surface area contributed by atoms with Crippen LogP contribution in [0.2, 0.25) is 0 Å². The predicted octanol–water partition coefficient (Wildman–Crippen LogP) is 5.08. The quantitative estimate of drug-likeness (QED) is 0.693. The molecular formula is C16H21F4N. The Kier molecular flexibility index (Phi) is 5.25. The molecule has 1 aliphatic rings. The van der Waals surface area contributed by atoms with Crippen molar-refractivity contribution < 1.29 is 17.6 Å². The third-order valence-electron chi connectivity index (χ3n) is 3.90. The topological polar surface area (TPSA) is 12.0 Å². The van der Waals surface area contributed by atoms with Gasteiger partial charge in [0.05, 0.1) is 5.56 Å². The average Bonchev–Trinajstić information content (AvgIpc) is 3.23. The van der Waals surface area contributed by atoms with Crippen LogP contribution >= 0.6 is 0 Å². The summed E-state index contributed by atoms with van der Waals surface area (Å²) in [5.74, 6) is -0.485. The molecule has 1 atom stereocenters. The molecule has 0 saturated heterocycles. The van der Waals surface area contributed by atoms with E-state index in [9.17, 15) is 17.6 Å². The summed E-state index contributed by atoms with van der Waals surface area (Å²) in [7, 11) is 0. The second-order valence-electron chi connectivity index (χ2n) is 5.76. The maximum Gasteiger partial charge on any atom is 0.419 e. The van der Waals surface area contributed by atoms with Crippen molar-refractivity contribution in [3.05, 3.63) is 35.1 Å². The Hall–Kier alpha value is -1.10. The highest BCUT2D eigenvalue weighted by Crippen LogP contribution is 2.37. The smallest absolute Gasteiger partial charge is 0.310 e. The molecule has 1 fully saturated rings. The Labute approximate surface area is 122 Å². The Morgan fingerprint density at radius 2 is 2.00 bits per heavy atom. The van der Waals surface area contributed by atoms with Gasteiger partial charge in [0.1, 0.15) is 5.82 Å². The van der Waals surface area contributed by atoms with Gasteiger partial charge in [-0.1, -0.05) is 25.8 Å². The van der Waals surface area contributed by atoms with Gasteiger partial charge in [-0.3, -0.25) is 0 Å². The molecule has 0 aromatic heterocycles. The minimum Gasteiger partial charge on any atom is -0.310 e. The first kappa shape index (κ1) is 16.3. The number of benzene rings is 1. The van der Waals surface area contributed by atoms with Gasteiger partial charge in [-0.2, -0.15) is 13.2 Å². The third-order valence-corrected chi connectivity index (χ3v) is 3.90. The van der Waals surface area contributed by atoms with Crippen molar-refractivity contribution in [2.24, 2.45) is 5.92 Å². The van der Waals surface area contributed by atoms with Gasteiger partial charge in [0, 0.05) is 6.04 Å². The predicted molar refractivity (Wildman–Crippen MR) is 74.4 cm³/mol. The highest BCUT2D eigenvalue weighted by atomic mass is 19.4. The molecule has 1 aliphatic carbocycles. The lowest BCUT2D eigenvalue weighted by atomic mass is 9.98. The van der Waals surface area contributed by atoms with Crippen LogP contribution in [0.3, 0.4) is 0 Å². The Morgan fingerprint density at radius 1 is 1.29 bits per heavy atom. The van der Waals surface area contributed by atoms with E-state index in [0.29, 0.717) is 5.56 Å². The van der Waals surface area contributed by atoms with E-state index in [2.05, 4.69) is 5.32 Å². The van der Waals surface area contributed by atoms with Gasteiger partial charge >= 0.3 is 6.18 Å². The van der Waals surface area contributed by atoms with E-state index >= 15 is 0 Å². The maximum absolute atomic E-state index is 13.4. The Balaban J connectivity index is 2.16. The van der Waals surface area contributed by atoms with Gasteiger partial charge in [-0.05, 0) is 49.4 Å². The van der Waals surface area contributed by atoms with Gasteiger partial charge < -0.3 is 5.32 Å². The van der Waals surface area contributed by atoms with Crippen molar-refractivity contribution in [1.29, 1.82) is 0 Å². The molecule has 1 unspecified atom stereocenters. The third kappa shape index (κ3) is 4.70. The molecule has 21 heavy (non-hydrogen) atoms. The molecule has 0 heterocycles. The van der Waals surface area contributed by atoms with Crippen molar-refractivity contribution in [2.45, 2.75) is 51.2 Å².